The van der Waals surface area contributed by atoms with Crippen molar-refractivity contribution in [1.82, 2.24) is 5.32 Å². The fourth-order valence-corrected chi connectivity index (χ4v) is 5.51. The quantitative estimate of drug-likeness (QED) is 0.876. The molecule has 0 saturated heterocycles. The van der Waals surface area contributed by atoms with Gasteiger partial charge in [0.25, 0.3) is 0 Å². The van der Waals surface area contributed by atoms with Crippen LogP contribution in [0.25, 0.3) is 0 Å². The number of halogens is 1. The number of nitrogens with two attached hydrogens (primary N) is 1. The van der Waals surface area contributed by atoms with Crippen LogP contribution in [-0.4, -0.2) is 18.5 Å². The third-order valence-corrected chi connectivity index (χ3v) is 6.83. The number of rotatable bonds is 4. The number of nitrogens with one attached hydrogen (secondary N) is 1. The van der Waals surface area contributed by atoms with Crippen molar-refractivity contribution in [2.75, 3.05) is 6.54 Å². The highest BCUT2D eigenvalue weighted by molar-refractivity contribution is 5.85. The zero-order valence-electron chi connectivity index (χ0n) is 14.2. The van der Waals surface area contributed by atoms with Crippen molar-refractivity contribution in [2.24, 2.45) is 23.5 Å². The Balaban J connectivity index is 0.00000169. The summed E-state index contributed by atoms with van der Waals surface area (Å²) in [6.45, 7) is 0.774. The van der Waals surface area contributed by atoms with E-state index in [1.807, 2.05) is 0 Å². The average molecular weight is 349 g/mol. The molecule has 0 heterocycles. The van der Waals surface area contributed by atoms with Crippen molar-refractivity contribution in [3.8, 4) is 0 Å². The normalized spacial score (nSPS) is 33.2. The van der Waals surface area contributed by atoms with E-state index in [0.29, 0.717) is 11.8 Å². The van der Waals surface area contributed by atoms with Gasteiger partial charge in [0.1, 0.15) is 0 Å². The molecule has 4 heteroatoms. The van der Waals surface area contributed by atoms with E-state index in [-0.39, 0.29) is 35.7 Å². The molecule has 1 aromatic carbocycles. The molecule has 3 N–H and O–H groups in total. The van der Waals surface area contributed by atoms with Crippen molar-refractivity contribution in [3.63, 3.8) is 0 Å². The highest BCUT2D eigenvalue weighted by Crippen LogP contribution is 2.48. The zero-order chi connectivity index (χ0) is 15.9. The van der Waals surface area contributed by atoms with E-state index < -0.39 is 0 Å². The van der Waals surface area contributed by atoms with E-state index in [1.54, 1.807) is 0 Å². The Kier molecular flexibility index (Phi) is 5.22. The number of carbonyl (C=O) groups is 1. The van der Waals surface area contributed by atoms with Gasteiger partial charge >= 0.3 is 0 Å². The summed E-state index contributed by atoms with van der Waals surface area (Å²) in [7, 11) is 0. The van der Waals surface area contributed by atoms with Gasteiger partial charge in [-0.1, -0.05) is 43.2 Å². The van der Waals surface area contributed by atoms with Crippen LogP contribution in [0.3, 0.4) is 0 Å². The molecule has 1 amide bonds. The molecule has 3 aliphatic carbocycles. The molecule has 3 fully saturated rings. The molecule has 24 heavy (non-hydrogen) atoms. The first kappa shape index (κ1) is 17.8. The van der Waals surface area contributed by atoms with Gasteiger partial charge in [-0.15, -0.1) is 12.4 Å². The molecule has 0 spiro atoms. The number of carbonyl (C=O) groups excluding carboxylic acids is 1. The third kappa shape index (κ3) is 2.97. The fraction of sp³-hybridized carbons (Fsp3) is 0.650. The van der Waals surface area contributed by atoms with Gasteiger partial charge in [0.15, 0.2) is 0 Å². The van der Waals surface area contributed by atoms with Gasteiger partial charge in [-0.05, 0) is 49.5 Å². The number of fused-ring (bicyclic) bond motifs is 2. The monoisotopic (exact) mass is 348 g/mol. The number of hydrogen-bond acceptors (Lipinski definition) is 2. The van der Waals surface area contributed by atoms with Crippen LogP contribution in [-0.2, 0) is 10.2 Å². The summed E-state index contributed by atoms with van der Waals surface area (Å²) in [6.07, 6.45) is 8.48. The first-order valence-electron chi connectivity index (χ1n) is 9.28. The van der Waals surface area contributed by atoms with Gasteiger partial charge in [0.2, 0.25) is 5.91 Å². The highest BCUT2D eigenvalue weighted by Gasteiger charge is 2.49. The second-order valence-corrected chi connectivity index (χ2v) is 8.01. The standard InChI is InChI=1S/C20H28N2O.ClH/c21-18-15-9-8-14(12-15)17(18)19(23)22-13-20(10-4-5-11-20)16-6-2-1-3-7-16;/h1-3,6-7,14-15,17-18H,4-5,8-13,21H2,(H,22,23);1H. The number of hydrogen-bond donors (Lipinski definition) is 2. The Labute approximate surface area is 151 Å². The second-order valence-electron chi connectivity index (χ2n) is 8.01. The zero-order valence-corrected chi connectivity index (χ0v) is 15.1. The second kappa shape index (κ2) is 7.05. The molecule has 4 atom stereocenters. The SMILES string of the molecule is Cl.NC1C2CCC(C2)C1C(=O)NCC1(c2ccccc2)CCCC1. The molecule has 4 unspecified atom stereocenters. The molecule has 3 aliphatic rings. The van der Waals surface area contributed by atoms with Gasteiger partial charge in [0.05, 0.1) is 5.92 Å². The van der Waals surface area contributed by atoms with Crippen LogP contribution in [0, 0.1) is 17.8 Å². The molecular weight excluding hydrogens is 320 g/mol. The van der Waals surface area contributed by atoms with Crippen molar-refractivity contribution in [1.29, 1.82) is 0 Å². The highest BCUT2D eigenvalue weighted by atomic mass is 35.5. The number of benzene rings is 1. The summed E-state index contributed by atoms with van der Waals surface area (Å²) < 4.78 is 0. The van der Waals surface area contributed by atoms with Crippen molar-refractivity contribution < 1.29 is 4.79 Å². The Morgan fingerprint density at radius 1 is 1.12 bits per heavy atom. The fourth-order valence-electron chi connectivity index (χ4n) is 5.51. The Hall–Kier alpha value is -1.06. The molecule has 0 radical (unpaired) electrons. The molecule has 0 aromatic heterocycles. The smallest absolute Gasteiger partial charge is 0.224 e. The minimum absolute atomic E-state index is 0. The molecule has 1 aromatic rings. The third-order valence-electron chi connectivity index (χ3n) is 6.83. The maximum absolute atomic E-state index is 12.8. The predicted molar refractivity (Wildman–Crippen MR) is 99.1 cm³/mol. The molecular formula is C20H29ClN2O. The minimum atomic E-state index is 0. The predicted octanol–water partition coefficient (Wildman–Crippen LogP) is 3.41. The summed E-state index contributed by atoms with van der Waals surface area (Å²) in [5, 5.41) is 3.30. The van der Waals surface area contributed by atoms with E-state index in [1.165, 1.54) is 50.5 Å². The molecule has 2 bridgehead atoms. The average Bonchev–Trinajstić information content (AvgIpc) is 3.30. The van der Waals surface area contributed by atoms with Crippen LogP contribution >= 0.6 is 12.4 Å². The van der Waals surface area contributed by atoms with E-state index in [4.69, 9.17) is 5.73 Å². The van der Waals surface area contributed by atoms with Gasteiger partial charge in [-0.3, -0.25) is 4.79 Å². The summed E-state index contributed by atoms with van der Waals surface area (Å²) >= 11 is 0. The molecule has 3 saturated carbocycles. The summed E-state index contributed by atoms with van der Waals surface area (Å²) in [6, 6.07) is 10.8. The van der Waals surface area contributed by atoms with Gasteiger partial charge in [0, 0.05) is 18.0 Å². The lowest BCUT2D eigenvalue weighted by atomic mass is 9.78. The summed E-state index contributed by atoms with van der Waals surface area (Å²) in [5.41, 5.74) is 7.85. The van der Waals surface area contributed by atoms with Crippen LogP contribution in [0.1, 0.15) is 50.5 Å². The minimum Gasteiger partial charge on any atom is -0.355 e. The van der Waals surface area contributed by atoms with Gasteiger partial charge in [-0.2, -0.15) is 0 Å². The Morgan fingerprint density at radius 3 is 2.42 bits per heavy atom. The van der Waals surface area contributed by atoms with Crippen LogP contribution in [0.2, 0.25) is 0 Å². The van der Waals surface area contributed by atoms with Crippen molar-refractivity contribution >= 4 is 18.3 Å². The van der Waals surface area contributed by atoms with E-state index in [0.717, 1.165) is 6.54 Å². The Bertz CT molecular complexity index is 568. The van der Waals surface area contributed by atoms with Crippen LogP contribution < -0.4 is 11.1 Å². The Morgan fingerprint density at radius 2 is 1.79 bits per heavy atom. The van der Waals surface area contributed by atoms with E-state index >= 15 is 0 Å². The maximum Gasteiger partial charge on any atom is 0.224 e. The topological polar surface area (TPSA) is 55.1 Å². The maximum atomic E-state index is 12.8. The molecule has 4 rings (SSSR count). The van der Waals surface area contributed by atoms with Crippen LogP contribution in [0.4, 0.5) is 0 Å². The van der Waals surface area contributed by atoms with Crippen LogP contribution in [0.15, 0.2) is 30.3 Å². The van der Waals surface area contributed by atoms with Crippen molar-refractivity contribution in [2.45, 2.75) is 56.4 Å². The summed E-state index contributed by atoms with van der Waals surface area (Å²) in [4.78, 5) is 12.8. The molecule has 3 nitrogen and oxygen atoms in total. The lowest BCUT2D eigenvalue weighted by molar-refractivity contribution is -0.127. The lowest BCUT2D eigenvalue weighted by Gasteiger charge is -2.32. The molecule has 0 aliphatic heterocycles. The lowest BCUT2D eigenvalue weighted by Crippen LogP contribution is -2.48. The summed E-state index contributed by atoms with van der Waals surface area (Å²) in [5.74, 6) is 1.39. The van der Waals surface area contributed by atoms with Crippen LogP contribution in [0.5, 0.6) is 0 Å². The first-order chi connectivity index (χ1) is 11.2. The number of amides is 1. The largest absolute Gasteiger partial charge is 0.355 e. The molecule has 132 valence electrons. The van der Waals surface area contributed by atoms with Crippen molar-refractivity contribution in [3.05, 3.63) is 35.9 Å². The van der Waals surface area contributed by atoms with Gasteiger partial charge in [-0.25, -0.2) is 0 Å². The van der Waals surface area contributed by atoms with E-state index in [2.05, 4.69) is 35.6 Å². The van der Waals surface area contributed by atoms with E-state index in [9.17, 15) is 4.79 Å². The first-order valence-corrected chi connectivity index (χ1v) is 9.28. The van der Waals surface area contributed by atoms with Gasteiger partial charge < -0.3 is 11.1 Å².